The number of nitrogens with one attached hydrogen (secondary N) is 1. The van der Waals surface area contributed by atoms with Gasteiger partial charge in [-0.2, -0.15) is 0 Å². The highest BCUT2D eigenvalue weighted by molar-refractivity contribution is 9.10. The van der Waals surface area contributed by atoms with E-state index < -0.39 is 5.54 Å². The molecule has 19 heavy (non-hydrogen) atoms. The second-order valence-corrected chi connectivity index (χ2v) is 5.53. The first kappa shape index (κ1) is 14.0. The third-order valence-electron chi connectivity index (χ3n) is 2.98. The molecule has 5 heteroatoms. The largest absolute Gasteiger partial charge is 0.394 e. The van der Waals surface area contributed by atoms with E-state index in [1.807, 2.05) is 38.1 Å². The van der Waals surface area contributed by atoms with E-state index in [2.05, 4.69) is 31.2 Å². The number of nitrogens with zero attached hydrogens (tertiary/aromatic N) is 2. The van der Waals surface area contributed by atoms with Gasteiger partial charge in [-0.3, -0.25) is 9.97 Å². The number of rotatable bonds is 4. The van der Waals surface area contributed by atoms with Crippen molar-refractivity contribution in [3.63, 3.8) is 0 Å². The first-order valence-electron chi connectivity index (χ1n) is 5.98. The molecule has 2 aromatic rings. The minimum absolute atomic E-state index is 0.0669. The summed E-state index contributed by atoms with van der Waals surface area (Å²) in [4.78, 5) is 8.57. The van der Waals surface area contributed by atoms with Crippen molar-refractivity contribution in [3.05, 3.63) is 52.5 Å². The summed E-state index contributed by atoms with van der Waals surface area (Å²) in [6.45, 7) is 3.73. The molecule has 1 atom stereocenters. The Bertz CT molecular complexity index is 559. The average molecular weight is 322 g/mol. The second-order valence-electron chi connectivity index (χ2n) is 4.61. The van der Waals surface area contributed by atoms with E-state index in [0.29, 0.717) is 0 Å². The van der Waals surface area contributed by atoms with Crippen LogP contribution in [0.4, 0.5) is 5.69 Å². The maximum absolute atomic E-state index is 9.74. The molecule has 0 aliphatic carbocycles. The number of hydrogen-bond donors (Lipinski definition) is 2. The molecule has 0 aliphatic heterocycles. The highest BCUT2D eigenvalue weighted by Crippen LogP contribution is 2.26. The molecule has 4 nitrogen and oxygen atoms in total. The van der Waals surface area contributed by atoms with E-state index in [4.69, 9.17) is 0 Å². The van der Waals surface area contributed by atoms with Crippen molar-refractivity contribution >= 4 is 21.6 Å². The predicted molar refractivity (Wildman–Crippen MR) is 79.0 cm³/mol. The van der Waals surface area contributed by atoms with Crippen LogP contribution >= 0.6 is 15.9 Å². The lowest BCUT2D eigenvalue weighted by Crippen LogP contribution is -2.37. The van der Waals surface area contributed by atoms with Gasteiger partial charge in [0.15, 0.2) is 0 Å². The van der Waals surface area contributed by atoms with Crippen LogP contribution in [0.25, 0.3) is 0 Å². The van der Waals surface area contributed by atoms with E-state index in [1.54, 1.807) is 12.4 Å². The van der Waals surface area contributed by atoms with Gasteiger partial charge in [0.25, 0.3) is 0 Å². The highest BCUT2D eigenvalue weighted by Gasteiger charge is 2.29. The zero-order chi connectivity index (χ0) is 13.9. The van der Waals surface area contributed by atoms with Crippen LogP contribution in [0.15, 0.2) is 41.1 Å². The zero-order valence-electron chi connectivity index (χ0n) is 10.9. The number of aryl methyl sites for hydroxylation is 1. The summed E-state index contributed by atoms with van der Waals surface area (Å²) >= 11 is 3.40. The van der Waals surface area contributed by atoms with E-state index in [9.17, 15) is 5.11 Å². The summed E-state index contributed by atoms with van der Waals surface area (Å²) in [6, 6.07) is 7.79. The molecule has 2 N–H and O–H groups in total. The third-order valence-corrected chi connectivity index (χ3v) is 3.51. The lowest BCUT2D eigenvalue weighted by molar-refractivity contribution is 0.220. The van der Waals surface area contributed by atoms with Crippen LogP contribution in [0.3, 0.4) is 0 Å². The van der Waals surface area contributed by atoms with Gasteiger partial charge in [-0.05, 0) is 38.1 Å². The van der Waals surface area contributed by atoms with Crippen LogP contribution in [0.2, 0.25) is 0 Å². The molecule has 1 heterocycles. The minimum Gasteiger partial charge on any atom is -0.394 e. The molecular weight excluding hydrogens is 306 g/mol. The summed E-state index contributed by atoms with van der Waals surface area (Å²) in [5.74, 6) is 0. The summed E-state index contributed by atoms with van der Waals surface area (Å²) in [5.41, 5.74) is 1.82. The molecular formula is C14H16BrN3O. The smallest absolute Gasteiger partial charge is 0.102 e. The van der Waals surface area contributed by atoms with Crippen LogP contribution in [-0.4, -0.2) is 21.7 Å². The van der Waals surface area contributed by atoms with Gasteiger partial charge in [0.1, 0.15) is 5.54 Å². The Balaban J connectivity index is 2.33. The van der Waals surface area contributed by atoms with Crippen LogP contribution in [0.5, 0.6) is 0 Å². The monoisotopic (exact) mass is 321 g/mol. The van der Waals surface area contributed by atoms with Crippen molar-refractivity contribution in [1.82, 2.24) is 9.97 Å². The molecule has 1 aromatic carbocycles. The number of hydrogen-bond acceptors (Lipinski definition) is 4. The fraction of sp³-hybridized carbons (Fsp3) is 0.286. The van der Waals surface area contributed by atoms with E-state index >= 15 is 0 Å². The fourth-order valence-electron chi connectivity index (χ4n) is 1.97. The van der Waals surface area contributed by atoms with Gasteiger partial charge < -0.3 is 10.4 Å². The van der Waals surface area contributed by atoms with Crippen LogP contribution in [0.1, 0.15) is 18.3 Å². The lowest BCUT2D eigenvalue weighted by atomic mass is 9.96. The third kappa shape index (κ3) is 3.11. The topological polar surface area (TPSA) is 58.0 Å². The van der Waals surface area contributed by atoms with Gasteiger partial charge in [0, 0.05) is 22.6 Å². The molecule has 0 saturated carbocycles. The van der Waals surface area contributed by atoms with Crippen molar-refractivity contribution in [2.75, 3.05) is 11.9 Å². The van der Waals surface area contributed by atoms with Gasteiger partial charge in [-0.1, -0.05) is 15.9 Å². The summed E-state index contributed by atoms with van der Waals surface area (Å²) in [6.07, 6.45) is 3.29. The first-order chi connectivity index (χ1) is 9.05. The average Bonchev–Trinajstić information content (AvgIpc) is 2.42. The Morgan fingerprint density at radius 1 is 1.21 bits per heavy atom. The molecule has 0 amide bonds. The van der Waals surface area contributed by atoms with Crippen LogP contribution < -0.4 is 5.32 Å². The Morgan fingerprint density at radius 2 is 1.84 bits per heavy atom. The molecule has 1 unspecified atom stereocenters. The molecule has 0 aliphatic rings. The molecule has 0 spiro atoms. The number of halogens is 1. The molecule has 0 radical (unpaired) electrons. The molecule has 1 aromatic heterocycles. The molecule has 100 valence electrons. The number of aliphatic hydroxyl groups is 1. The summed E-state index contributed by atoms with van der Waals surface area (Å²) < 4.78 is 1.01. The second kappa shape index (κ2) is 5.67. The van der Waals surface area contributed by atoms with Crippen molar-refractivity contribution in [2.45, 2.75) is 19.4 Å². The fourth-order valence-corrected chi connectivity index (χ4v) is 2.24. The Kier molecular flexibility index (Phi) is 4.17. The summed E-state index contributed by atoms with van der Waals surface area (Å²) in [7, 11) is 0. The van der Waals surface area contributed by atoms with Gasteiger partial charge in [-0.15, -0.1) is 0 Å². The normalized spacial score (nSPS) is 13.9. The van der Waals surface area contributed by atoms with Crippen molar-refractivity contribution < 1.29 is 5.11 Å². The van der Waals surface area contributed by atoms with E-state index in [-0.39, 0.29) is 6.61 Å². The standard InChI is InChI=1S/C14H16BrN3O/c1-10-13(17-8-7-16-10)14(2,9-19)18-12-5-3-11(15)4-6-12/h3-8,18-19H,9H2,1-2H3. The van der Waals surface area contributed by atoms with Crippen LogP contribution in [0, 0.1) is 6.92 Å². The van der Waals surface area contributed by atoms with Gasteiger partial charge >= 0.3 is 0 Å². The number of aliphatic hydroxyl groups excluding tert-OH is 1. The van der Waals surface area contributed by atoms with Gasteiger partial charge in [0.2, 0.25) is 0 Å². The summed E-state index contributed by atoms with van der Waals surface area (Å²) in [5, 5.41) is 13.1. The zero-order valence-corrected chi connectivity index (χ0v) is 12.5. The SMILES string of the molecule is Cc1nccnc1C(C)(CO)Nc1ccc(Br)cc1. The minimum atomic E-state index is -0.661. The van der Waals surface area contributed by atoms with Gasteiger partial charge in [-0.25, -0.2) is 0 Å². The molecule has 0 bridgehead atoms. The Labute approximate surface area is 121 Å². The van der Waals surface area contributed by atoms with Crippen molar-refractivity contribution in [3.8, 4) is 0 Å². The highest BCUT2D eigenvalue weighted by atomic mass is 79.9. The number of benzene rings is 1. The van der Waals surface area contributed by atoms with Crippen LogP contribution in [-0.2, 0) is 5.54 Å². The number of anilines is 1. The maximum Gasteiger partial charge on any atom is 0.102 e. The Hall–Kier alpha value is -1.46. The van der Waals surface area contributed by atoms with E-state index in [1.165, 1.54) is 0 Å². The lowest BCUT2D eigenvalue weighted by Gasteiger charge is -2.30. The first-order valence-corrected chi connectivity index (χ1v) is 6.77. The molecule has 0 fully saturated rings. The quantitative estimate of drug-likeness (QED) is 0.909. The van der Waals surface area contributed by atoms with Gasteiger partial charge in [0.05, 0.1) is 18.0 Å². The van der Waals surface area contributed by atoms with Crippen molar-refractivity contribution in [2.24, 2.45) is 0 Å². The predicted octanol–water partition coefficient (Wildman–Crippen LogP) is 2.87. The van der Waals surface area contributed by atoms with Crippen molar-refractivity contribution in [1.29, 1.82) is 0 Å². The maximum atomic E-state index is 9.74. The number of aromatic nitrogens is 2. The van der Waals surface area contributed by atoms with E-state index in [0.717, 1.165) is 21.5 Å². The molecule has 2 rings (SSSR count). The Morgan fingerprint density at radius 3 is 2.42 bits per heavy atom. The molecule has 0 saturated heterocycles.